The van der Waals surface area contributed by atoms with Gasteiger partial charge in [-0.15, -0.1) is 0 Å². The van der Waals surface area contributed by atoms with Crippen LogP contribution in [0.2, 0.25) is 0 Å². The van der Waals surface area contributed by atoms with Gasteiger partial charge in [0.15, 0.2) is 0 Å². The summed E-state index contributed by atoms with van der Waals surface area (Å²) in [5.41, 5.74) is 1.42. The maximum Gasteiger partial charge on any atom is 0.255 e. The average molecular weight is 326 g/mol. The van der Waals surface area contributed by atoms with E-state index in [1.165, 1.54) is 0 Å². The SMILES string of the molecule is CC[C@H](C)NC(=O)c1ccccc1NC(=O)c1ccc(OC)cc1. The van der Waals surface area contributed by atoms with E-state index >= 15 is 0 Å². The van der Waals surface area contributed by atoms with E-state index in [9.17, 15) is 9.59 Å². The van der Waals surface area contributed by atoms with Crippen LogP contribution >= 0.6 is 0 Å². The van der Waals surface area contributed by atoms with Crippen LogP contribution in [0.5, 0.6) is 5.75 Å². The third-order valence-electron chi connectivity index (χ3n) is 3.76. The van der Waals surface area contributed by atoms with E-state index in [0.29, 0.717) is 22.6 Å². The number of hydrogen-bond donors (Lipinski definition) is 2. The average Bonchev–Trinajstić information content (AvgIpc) is 2.62. The number of benzene rings is 2. The lowest BCUT2D eigenvalue weighted by Gasteiger charge is -2.14. The number of amides is 2. The lowest BCUT2D eigenvalue weighted by atomic mass is 10.1. The molecule has 0 fully saturated rings. The van der Waals surface area contributed by atoms with Crippen LogP contribution < -0.4 is 15.4 Å². The molecule has 2 rings (SSSR count). The molecule has 2 aromatic rings. The third kappa shape index (κ3) is 4.35. The van der Waals surface area contributed by atoms with Crippen molar-refractivity contribution in [2.24, 2.45) is 0 Å². The minimum atomic E-state index is -0.276. The van der Waals surface area contributed by atoms with Crippen LogP contribution in [-0.2, 0) is 0 Å². The van der Waals surface area contributed by atoms with Crippen molar-refractivity contribution in [2.45, 2.75) is 26.3 Å². The first-order valence-electron chi connectivity index (χ1n) is 7.90. The first-order valence-corrected chi connectivity index (χ1v) is 7.90. The fourth-order valence-electron chi connectivity index (χ4n) is 2.13. The molecule has 5 heteroatoms. The Morgan fingerprint density at radius 3 is 2.33 bits per heavy atom. The van der Waals surface area contributed by atoms with Gasteiger partial charge >= 0.3 is 0 Å². The summed E-state index contributed by atoms with van der Waals surface area (Å²) in [6.45, 7) is 3.94. The highest BCUT2D eigenvalue weighted by Crippen LogP contribution is 2.18. The van der Waals surface area contributed by atoms with Gasteiger partial charge in [0.05, 0.1) is 18.4 Å². The van der Waals surface area contributed by atoms with Gasteiger partial charge in [-0.2, -0.15) is 0 Å². The van der Waals surface area contributed by atoms with Crippen molar-refractivity contribution in [1.29, 1.82) is 0 Å². The Morgan fingerprint density at radius 2 is 1.71 bits per heavy atom. The van der Waals surface area contributed by atoms with Crippen LogP contribution in [-0.4, -0.2) is 25.0 Å². The third-order valence-corrected chi connectivity index (χ3v) is 3.76. The quantitative estimate of drug-likeness (QED) is 0.854. The summed E-state index contributed by atoms with van der Waals surface area (Å²) >= 11 is 0. The van der Waals surface area contributed by atoms with Gasteiger partial charge in [-0.3, -0.25) is 9.59 Å². The number of rotatable bonds is 6. The smallest absolute Gasteiger partial charge is 0.255 e. The van der Waals surface area contributed by atoms with Crippen LogP contribution in [0.15, 0.2) is 48.5 Å². The van der Waals surface area contributed by atoms with Crippen molar-refractivity contribution in [3.8, 4) is 5.75 Å². The molecule has 0 saturated heterocycles. The van der Waals surface area contributed by atoms with Gasteiger partial charge in [0.1, 0.15) is 5.75 Å². The Morgan fingerprint density at radius 1 is 1.04 bits per heavy atom. The molecule has 0 aromatic heterocycles. The molecule has 1 atom stereocenters. The summed E-state index contributed by atoms with van der Waals surface area (Å²) < 4.78 is 5.08. The second kappa shape index (κ2) is 8.15. The Hall–Kier alpha value is -2.82. The predicted molar refractivity (Wildman–Crippen MR) is 94.6 cm³/mol. The molecule has 24 heavy (non-hydrogen) atoms. The number of nitrogens with one attached hydrogen (secondary N) is 2. The highest BCUT2D eigenvalue weighted by atomic mass is 16.5. The molecule has 126 valence electrons. The highest BCUT2D eigenvalue weighted by molar-refractivity contribution is 6.09. The number of carbonyl (C=O) groups excluding carboxylic acids is 2. The summed E-state index contributed by atoms with van der Waals surface area (Å²) in [5, 5.41) is 5.70. The number of hydrogen-bond acceptors (Lipinski definition) is 3. The molecule has 0 saturated carbocycles. The number of anilines is 1. The molecule has 0 aliphatic rings. The summed E-state index contributed by atoms with van der Waals surface area (Å²) in [5.74, 6) is 0.205. The molecule has 0 unspecified atom stereocenters. The van der Waals surface area contributed by atoms with E-state index in [-0.39, 0.29) is 17.9 Å². The van der Waals surface area contributed by atoms with Crippen molar-refractivity contribution in [1.82, 2.24) is 5.32 Å². The molecule has 0 bridgehead atoms. The van der Waals surface area contributed by atoms with Crippen LogP contribution in [0, 0.1) is 0 Å². The van der Waals surface area contributed by atoms with Crippen LogP contribution in [0.4, 0.5) is 5.69 Å². The first-order chi connectivity index (χ1) is 11.5. The van der Waals surface area contributed by atoms with Crippen LogP contribution in [0.25, 0.3) is 0 Å². The molecular formula is C19H22N2O3. The molecule has 0 heterocycles. The summed E-state index contributed by atoms with van der Waals surface area (Å²) in [7, 11) is 1.57. The van der Waals surface area contributed by atoms with Crippen molar-refractivity contribution in [3.05, 3.63) is 59.7 Å². The molecule has 2 amide bonds. The largest absolute Gasteiger partial charge is 0.497 e. The van der Waals surface area contributed by atoms with E-state index in [2.05, 4.69) is 10.6 Å². The Balaban J connectivity index is 2.17. The number of carbonyl (C=O) groups is 2. The van der Waals surface area contributed by atoms with E-state index in [4.69, 9.17) is 4.74 Å². The van der Waals surface area contributed by atoms with Crippen molar-refractivity contribution in [3.63, 3.8) is 0 Å². The lowest BCUT2D eigenvalue weighted by Crippen LogP contribution is -2.32. The molecule has 0 aliphatic carbocycles. The molecule has 2 aromatic carbocycles. The van der Waals surface area contributed by atoms with Gasteiger partial charge in [-0.05, 0) is 49.7 Å². The molecule has 0 radical (unpaired) electrons. The van der Waals surface area contributed by atoms with E-state index < -0.39 is 0 Å². The Bertz CT molecular complexity index is 711. The zero-order valence-corrected chi connectivity index (χ0v) is 14.1. The zero-order valence-electron chi connectivity index (χ0n) is 14.1. The molecular weight excluding hydrogens is 304 g/mol. The second-order valence-electron chi connectivity index (χ2n) is 5.51. The fraction of sp³-hybridized carbons (Fsp3) is 0.263. The van der Waals surface area contributed by atoms with Crippen LogP contribution in [0.3, 0.4) is 0 Å². The predicted octanol–water partition coefficient (Wildman–Crippen LogP) is 3.48. The Labute approximate surface area is 142 Å². The summed E-state index contributed by atoms with van der Waals surface area (Å²) in [4.78, 5) is 24.7. The molecule has 0 aliphatic heterocycles. The number of methoxy groups -OCH3 is 1. The number of para-hydroxylation sites is 1. The molecule has 0 spiro atoms. The van der Waals surface area contributed by atoms with E-state index in [1.54, 1.807) is 55.6 Å². The summed E-state index contributed by atoms with van der Waals surface area (Å²) in [6.07, 6.45) is 0.839. The summed E-state index contributed by atoms with van der Waals surface area (Å²) in [6, 6.07) is 13.8. The van der Waals surface area contributed by atoms with Gasteiger partial charge < -0.3 is 15.4 Å². The van der Waals surface area contributed by atoms with Crippen molar-refractivity contribution >= 4 is 17.5 Å². The maximum atomic E-state index is 12.4. The molecule has 5 nitrogen and oxygen atoms in total. The van der Waals surface area contributed by atoms with E-state index in [0.717, 1.165) is 6.42 Å². The van der Waals surface area contributed by atoms with Gasteiger partial charge in [0.25, 0.3) is 11.8 Å². The highest BCUT2D eigenvalue weighted by Gasteiger charge is 2.15. The maximum absolute atomic E-state index is 12.4. The van der Waals surface area contributed by atoms with Gasteiger partial charge in [-0.1, -0.05) is 19.1 Å². The van der Waals surface area contributed by atoms with Gasteiger partial charge in [-0.25, -0.2) is 0 Å². The second-order valence-corrected chi connectivity index (χ2v) is 5.51. The monoisotopic (exact) mass is 326 g/mol. The zero-order chi connectivity index (χ0) is 17.5. The van der Waals surface area contributed by atoms with Gasteiger partial charge in [0.2, 0.25) is 0 Å². The Kier molecular flexibility index (Phi) is 5.95. The minimum absolute atomic E-state index is 0.0721. The molecule has 2 N–H and O–H groups in total. The lowest BCUT2D eigenvalue weighted by molar-refractivity contribution is 0.0940. The number of ether oxygens (including phenoxy) is 1. The van der Waals surface area contributed by atoms with Crippen molar-refractivity contribution in [2.75, 3.05) is 12.4 Å². The van der Waals surface area contributed by atoms with Crippen LogP contribution in [0.1, 0.15) is 41.0 Å². The fourth-order valence-corrected chi connectivity index (χ4v) is 2.13. The van der Waals surface area contributed by atoms with Crippen molar-refractivity contribution < 1.29 is 14.3 Å². The minimum Gasteiger partial charge on any atom is -0.497 e. The first kappa shape index (κ1) is 17.5. The van der Waals surface area contributed by atoms with Gasteiger partial charge in [0, 0.05) is 11.6 Å². The standard InChI is InChI=1S/C19H22N2O3/c1-4-13(2)20-19(23)16-7-5-6-8-17(16)21-18(22)14-9-11-15(24-3)12-10-14/h5-13H,4H2,1-3H3,(H,20,23)(H,21,22)/t13-/m0/s1. The van der Waals surface area contributed by atoms with E-state index in [1.807, 2.05) is 13.8 Å². The normalized spacial score (nSPS) is 11.5. The topological polar surface area (TPSA) is 67.4 Å².